The van der Waals surface area contributed by atoms with Crippen LogP contribution >= 0.6 is 12.4 Å². The van der Waals surface area contributed by atoms with Gasteiger partial charge in [-0.1, -0.05) is 149 Å². The average molecular weight is 737 g/mol. The Bertz CT molecular complexity index is 1820. The van der Waals surface area contributed by atoms with E-state index >= 15 is 0 Å². The lowest BCUT2D eigenvalue weighted by Gasteiger charge is -2.33. The molecule has 1 heterocycles. The lowest BCUT2D eigenvalue weighted by molar-refractivity contribution is 0.413. The quantitative estimate of drug-likeness (QED) is 0.125. The first-order chi connectivity index (χ1) is 25.9. The van der Waals surface area contributed by atoms with Crippen molar-refractivity contribution in [1.29, 1.82) is 0 Å². The first-order valence-corrected chi connectivity index (χ1v) is 19.0. The number of methoxy groups -OCH3 is 2. The van der Waals surface area contributed by atoms with Gasteiger partial charge in [-0.05, 0) is 68.8 Å². The van der Waals surface area contributed by atoms with Crippen LogP contribution < -0.4 is 19.3 Å². The zero-order valence-corrected chi connectivity index (χ0v) is 33.2. The Kier molecular flexibility index (Phi) is 12.3. The Morgan fingerprint density at radius 1 is 0.407 bits per heavy atom. The second-order valence-electron chi connectivity index (χ2n) is 14.5. The molecule has 278 valence electrons. The van der Waals surface area contributed by atoms with E-state index in [1.54, 1.807) is 14.2 Å². The predicted molar refractivity (Wildman–Crippen MR) is 229 cm³/mol. The summed E-state index contributed by atoms with van der Waals surface area (Å²) in [4.78, 5) is 5.25. The number of hydrogen-bond acceptors (Lipinski definition) is 4. The number of ether oxygens (including phenoxy) is 2. The molecule has 4 nitrogen and oxygen atoms in total. The summed E-state index contributed by atoms with van der Waals surface area (Å²) in [7, 11) is 3.57. The zero-order chi connectivity index (χ0) is 36.9. The normalized spacial score (nSPS) is 14.9. The molecule has 0 spiro atoms. The molecule has 0 amide bonds. The number of rotatable bonds is 12. The van der Waals surface area contributed by atoms with E-state index in [4.69, 9.17) is 9.47 Å². The molecular formula is C49H53ClN2O2. The largest absolute Gasteiger partial charge is 0.497 e. The van der Waals surface area contributed by atoms with Gasteiger partial charge in [-0.3, -0.25) is 0 Å². The van der Waals surface area contributed by atoms with Crippen LogP contribution in [0.5, 0.6) is 11.5 Å². The van der Waals surface area contributed by atoms with Gasteiger partial charge in [-0.2, -0.15) is 0 Å². The number of anilines is 2. The molecule has 0 N–H and O–H groups in total. The van der Waals surface area contributed by atoms with Crippen LogP contribution in [-0.2, 0) is 0 Å². The summed E-state index contributed by atoms with van der Waals surface area (Å²) in [5.41, 5.74) is 13.0. The van der Waals surface area contributed by atoms with Crippen LogP contribution in [0.4, 0.5) is 11.4 Å². The molecule has 0 saturated carbocycles. The van der Waals surface area contributed by atoms with Gasteiger partial charge in [0.05, 0.1) is 20.9 Å². The Balaban J connectivity index is 0.00000497. The van der Waals surface area contributed by atoms with E-state index < -0.39 is 0 Å². The van der Waals surface area contributed by atoms with Gasteiger partial charge in [0.1, 0.15) is 11.5 Å². The highest BCUT2D eigenvalue weighted by Crippen LogP contribution is 2.47. The standard InChI is InChI=1S/C49H52N2O2.ClH/c1-34(38-19-11-7-12-20-38)44-29-42(52-5)30-45(35(2)39-21-13-8-14-22-39)48(44)50-27-28-51(33-50)49-46(36(3)40-23-15-9-16-24-40)31-43(53-6)32-47(49)37(4)41-25-17-10-18-26-41;/h7-26,29-32,34-37H,27-28,33H2,1-6H3;1H. The van der Waals surface area contributed by atoms with Crippen molar-refractivity contribution in [2.75, 3.05) is 43.8 Å². The van der Waals surface area contributed by atoms with Crippen molar-refractivity contribution < 1.29 is 9.47 Å². The van der Waals surface area contributed by atoms with Crippen molar-refractivity contribution in [3.63, 3.8) is 0 Å². The molecule has 6 aromatic carbocycles. The van der Waals surface area contributed by atoms with E-state index in [-0.39, 0.29) is 36.1 Å². The third-order valence-electron chi connectivity index (χ3n) is 11.4. The van der Waals surface area contributed by atoms with Crippen LogP contribution in [0.25, 0.3) is 0 Å². The zero-order valence-electron chi connectivity index (χ0n) is 32.4. The summed E-state index contributed by atoms with van der Waals surface area (Å²) >= 11 is 0. The van der Waals surface area contributed by atoms with Gasteiger partial charge in [0.15, 0.2) is 0 Å². The summed E-state index contributed by atoms with van der Waals surface area (Å²) in [6, 6.07) is 52.6. The molecule has 5 heteroatoms. The molecule has 4 atom stereocenters. The Labute approximate surface area is 328 Å². The van der Waals surface area contributed by atoms with E-state index in [0.717, 1.165) is 31.3 Å². The predicted octanol–water partition coefficient (Wildman–Crippen LogP) is 12.0. The van der Waals surface area contributed by atoms with Crippen LogP contribution in [0.3, 0.4) is 0 Å². The first-order valence-electron chi connectivity index (χ1n) is 19.0. The van der Waals surface area contributed by atoms with Crippen LogP contribution in [-0.4, -0.2) is 34.0 Å². The minimum atomic E-state index is 0. The summed E-state index contributed by atoms with van der Waals surface area (Å²) in [6.45, 7) is 11.9. The summed E-state index contributed by atoms with van der Waals surface area (Å²) in [5.74, 6) is 2.46. The molecule has 0 radical (unpaired) electrons. The molecule has 7 rings (SSSR count). The van der Waals surface area contributed by atoms with Crippen molar-refractivity contribution in [2.45, 2.75) is 51.4 Å². The van der Waals surface area contributed by atoms with Gasteiger partial charge >= 0.3 is 0 Å². The van der Waals surface area contributed by atoms with Crippen molar-refractivity contribution >= 4 is 23.8 Å². The van der Waals surface area contributed by atoms with E-state index in [2.05, 4.69) is 183 Å². The third kappa shape index (κ3) is 7.86. The maximum absolute atomic E-state index is 6.02. The van der Waals surface area contributed by atoms with Gasteiger partial charge in [-0.25, -0.2) is 0 Å². The second-order valence-corrected chi connectivity index (χ2v) is 14.5. The van der Waals surface area contributed by atoms with E-state index in [1.807, 2.05) is 0 Å². The topological polar surface area (TPSA) is 24.9 Å². The van der Waals surface area contributed by atoms with Crippen LogP contribution in [0, 0.1) is 0 Å². The fourth-order valence-corrected chi connectivity index (χ4v) is 8.23. The minimum absolute atomic E-state index is 0. The molecular weight excluding hydrogens is 684 g/mol. The SMILES string of the molecule is COc1cc(C(C)c2ccccc2)c(N2CCN(c3c(C(C)c4ccccc4)cc(OC)cc3C(C)c3ccccc3)C2)c(C(C)c2ccccc2)c1.Cl. The molecule has 1 saturated heterocycles. The monoisotopic (exact) mass is 736 g/mol. The fraction of sp³-hybridized carbons (Fsp3) is 0.265. The molecule has 1 aliphatic heterocycles. The molecule has 1 aliphatic rings. The molecule has 6 aromatic rings. The highest BCUT2D eigenvalue weighted by molar-refractivity contribution is 5.85. The Hall–Kier alpha value is -5.19. The highest BCUT2D eigenvalue weighted by atomic mass is 35.5. The van der Waals surface area contributed by atoms with Crippen molar-refractivity contribution in [3.05, 3.63) is 190 Å². The molecule has 1 fully saturated rings. The molecule has 4 unspecified atom stereocenters. The summed E-state index contributed by atoms with van der Waals surface area (Å²) in [6.07, 6.45) is 0. The van der Waals surface area contributed by atoms with E-state index in [9.17, 15) is 0 Å². The number of halogens is 1. The molecule has 54 heavy (non-hydrogen) atoms. The van der Waals surface area contributed by atoms with Crippen LogP contribution in [0.15, 0.2) is 146 Å². The average Bonchev–Trinajstić information content (AvgIpc) is 3.72. The lowest BCUT2D eigenvalue weighted by atomic mass is 9.84. The van der Waals surface area contributed by atoms with Crippen molar-refractivity contribution in [1.82, 2.24) is 0 Å². The highest BCUT2D eigenvalue weighted by Gasteiger charge is 2.33. The van der Waals surface area contributed by atoms with Crippen LogP contribution in [0.1, 0.15) is 95.9 Å². The van der Waals surface area contributed by atoms with E-state index in [0.29, 0.717) is 0 Å². The summed E-state index contributed by atoms with van der Waals surface area (Å²) in [5, 5.41) is 0. The summed E-state index contributed by atoms with van der Waals surface area (Å²) < 4.78 is 12.0. The number of benzene rings is 6. The maximum Gasteiger partial charge on any atom is 0.119 e. The fourth-order valence-electron chi connectivity index (χ4n) is 8.23. The Morgan fingerprint density at radius 3 is 0.870 bits per heavy atom. The lowest BCUT2D eigenvalue weighted by Crippen LogP contribution is -2.29. The van der Waals surface area contributed by atoms with Crippen molar-refractivity contribution in [2.24, 2.45) is 0 Å². The van der Waals surface area contributed by atoms with Gasteiger partial charge in [0.2, 0.25) is 0 Å². The molecule has 0 aliphatic carbocycles. The minimum Gasteiger partial charge on any atom is -0.497 e. The second kappa shape index (κ2) is 17.3. The van der Waals surface area contributed by atoms with Crippen LogP contribution in [0.2, 0.25) is 0 Å². The van der Waals surface area contributed by atoms with Gasteiger partial charge in [0, 0.05) is 48.1 Å². The number of hydrogen-bond donors (Lipinski definition) is 0. The van der Waals surface area contributed by atoms with Gasteiger partial charge in [-0.15, -0.1) is 12.4 Å². The van der Waals surface area contributed by atoms with Gasteiger partial charge < -0.3 is 19.3 Å². The number of nitrogens with zero attached hydrogens (tertiary/aromatic N) is 2. The third-order valence-corrected chi connectivity index (χ3v) is 11.4. The van der Waals surface area contributed by atoms with Gasteiger partial charge in [0.25, 0.3) is 0 Å². The Morgan fingerprint density at radius 2 is 0.648 bits per heavy atom. The smallest absolute Gasteiger partial charge is 0.119 e. The molecule has 0 aromatic heterocycles. The molecule has 0 bridgehead atoms. The maximum atomic E-state index is 6.02. The van der Waals surface area contributed by atoms with E-state index in [1.165, 1.54) is 55.9 Å². The van der Waals surface area contributed by atoms with Crippen molar-refractivity contribution in [3.8, 4) is 11.5 Å². The first kappa shape index (κ1) is 38.5.